The van der Waals surface area contributed by atoms with Crippen LogP contribution in [0.3, 0.4) is 0 Å². The highest BCUT2D eigenvalue weighted by molar-refractivity contribution is 7.99. The first-order valence-electron chi connectivity index (χ1n) is 3.16. The van der Waals surface area contributed by atoms with Crippen molar-refractivity contribution >= 4 is 11.8 Å². The Morgan fingerprint density at radius 3 is 3.00 bits per heavy atom. The minimum Gasteiger partial charge on any atom is -0.363 e. The van der Waals surface area contributed by atoms with Gasteiger partial charge in [0.1, 0.15) is 5.44 Å². The van der Waals surface area contributed by atoms with E-state index < -0.39 is 0 Å². The summed E-state index contributed by atoms with van der Waals surface area (Å²) in [6.07, 6.45) is 4.35. The third kappa shape index (κ3) is 1.73. The Kier molecular flexibility index (Phi) is 2.61. The molecule has 2 heteroatoms. The second-order valence-corrected chi connectivity index (χ2v) is 3.10. The van der Waals surface area contributed by atoms with Crippen LogP contribution >= 0.6 is 11.8 Å². The van der Waals surface area contributed by atoms with Gasteiger partial charge in [-0.15, -0.1) is 11.8 Å². The SMILES string of the molecule is C=C1CCCOC1SC. The van der Waals surface area contributed by atoms with Gasteiger partial charge in [-0.3, -0.25) is 0 Å². The highest BCUT2D eigenvalue weighted by atomic mass is 32.2. The third-order valence-corrected chi connectivity index (χ3v) is 2.36. The molecule has 9 heavy (non-hydrogen) atoms. The number of ether oxygens (including phenoxy) is 1. The lowest BCUT2D eigenvalue weighted by molar-refractivity contribution is 0.108. The lowest BCUT2D eigenvalue weighted by Crippen LogP contribution is -2.17. The first kappa shape index (κ1) is 7.16. The standard InChI is InChI=1S/C7H12OS/c1-6-4-3-5-8-7(6)9-2/h7H,1,3-5H2,2H3. The summed E-state index contributed by atoms with van der Waals surface area (Å²) in [6.45, 7) is 4.83. The molecule has 1 nitrogen and oxygen atoms in total. The van der Waals surface area contributed by atoms with Crippen LogP contribution in [0.1, 0.15) is 12.8 Å². The molecule has 1 rings (SSSR count). The summed E-state index contributed by atoms with van der Waals surface area (Å²) in [5, 5.41) is 0. The fourth-order valence-corrected chi connectivity index (χ4v) is 1.64. The van der Waals surface area contributed by atoms with Gasteiger partial charge in [-0.05, 0) is 24.7 Å². The van der Waals surface area contributed by atoms with E-state index in [9.17, 15) is 0 Å². The molecular weight excluding hydrogens is 132 g/mol. The van der Waals surface area contributed by atoms with Crippen LogP contribution in [0.4, 0.5) is 0 Å². The normalized spacial score (nSPS) is 28.6. The molecule has 1 unspecified atom stereocenters. The molecule has 1 fully saturated rings. The first-order valence-corrected chi connectivity index (χ1v) is 4.45. The van der Waals surface area contributed by atoms with Crippen LogP contribution in [0.15, 0.2) is 12.2 Å². The molecule has 1 aliphatic rings. The largest absolute Gasteiger partial charge is 0.363 e. The minimum absolute atomic E-state index is 0.277. The number of hydrogen-bond acceptors (Lipinski definition) is 2. The van der Waals surface area contributed by atoms with Gasteiger partial charge in [-0.25, -0.2) is 0 Å². The van der Waals surface area contributed by atoms with Gasteiger partial charge in [0.05, 0.1) is 0 Å². The highest BCUT2D eigenvalue weighted by Gasteiger charge is 2.15. The third-order valence-electron chi connectivity index (χ3n) is 1.46. The highest BCUT2D eigenvalue weighted by Crippen LogP contribution is 2.24. The van der Waals surface area contributed by atoms with Crippen LogP contribution in [0, 0.1) is 0 Å². The topological polar surface area (TPSA) is 9.23 Å². The molecule has 0 spiro atoms. The van der Waals surface area contributed by atoms with E-state index in [1.165, 1.54) is 5.57 Å². The van der Waals surface area contributed by atoms with Crippen LogP contribution in [0.2, 0.25) is 0 Å². The molecule has 1 heterocycles. The number of hydrogen-bond donors (Lipinski definition) is 0. The van der Waals surface area contributed by atoms with Crippen LogP contribution in [0.5, 0.6) is 0 Å². The second kappa shape index (κ2) is 3.28. The lowest BCUT2D eigenvalue weighted by Gasteiger charge is -2.22. The van der Waals surface area contributed by atoms with E-state index in [2.05, 4.69) is 12.8 Å². The monoisotopic (exact) mass is 144 g/mol. The molecule has 1 atom stereocenters. The fourth-order valence-electron chi connectivity index (χ4n) is 0.960. The Labute approximate surface area is 60.5 Å². The Balaban J connectivity index is 2.39. The van der Waals surface area contributed by atoms with Crippen molar-refractivity contribution in [1.82, 2.24) is 0 Å². The molecule has 0 amide bonds. The summed E-state index contributed by atoms with van der Waals surface area (Å²) < 4.78 is 5.40. The molecule has 0 saturated carbocycles. The van der Waals surface area contributed by atoms with Gasteiger partial charge in [-0.1, -0.05) is 6.58 Å². The molecule has 0 aromatic heterocycles. The van der Waals surface area contributed by atoms with E-state index in [0.29, 0.717) is 0 Å². The van der Waals surface area contributed by atoms with Crippen molar-refractivity contribution in [3.8, 4) is 0 Å². The lowest BCUT2D eigenvalue weighted by atomic mass is 10.1. The molecule has 0 radical (unpaired) electrons. The fraction of sp³-hybridized carbons (Fsp3) is 0.714. The second-order valence-electron chi connectivity index (χ2n) is 2.20. The van der Waals surface area contributed by atoms with Gasteiger partial charge in [0.2, 0.25) is 0 Å². The summed E-state index contributed by atoms with van der Waals surface area (Å²) in [4.78, 5) is 0. The van der Waals surface area contributed by atoms with Gasteiger partial charge in [0.15, 0.2) is 0 Å². The van der Waals surface area contributed by atoms with E-state index >= 15 is 0 Å². The summed E-state index contributed by atoms with van der Waals surface area (Å²) in [7, 11) is 0. The Morgan fingerprint density at radius 2 is 2.56 bits per heavy atom. The summed E-state index contributed by atoms with van der Waals surface area (Å²) >= 11 is 1.73. The summed E-state index contributed by atoms with van der Waals surface area (Å²) in [5.41, 5.74) is 1.52. The molecule has 1 aliphatic heterocycles. The predicted molar refractivity (Wildman–Crippen MR) is 41.6 cm³/mol. The number of thioether (sulfide) groups is 1. The molecule has 1 saturated heterocycles. The van der Waals surface area contributed by atoms with Gasteiger partial charge >= 0.3 is 0 Å². The van der Waals surface area contributed by atoms with Crippen molar-refractivity contribution < 1.29 is 4.74 Å². The quantitative estimate of drug-likeness (QED) is 0.521. The summed E-state index contributed by atoms with van der Waals surface area (Å²) in [5.74, 6) is 0. The zero-order valence-electron chi connectivity index (χ0n) is 5.72. The van der Waals surface area contributed by atoms with Crippen molar-refractivity contribution in [2.24, 2.45) is 0 Å². The van der Waals surface area contributed by atoms with E-state index in [0.717, 1.165) is 19.4 Å². The Morgan fingerprint density at radius 1 is 1.78 bits per heavy atom. The Bertz CT molecular complexity index is 111. The zero-order chi connectivity index (χ0) is 6.69. The number of rotatable bonds is 1. The average molecular weight is 144 g/mol. The first-order chi connectivity index (χ1) is 4.34. The zero-order valence-corrected chi connectivity index (χ0v) is 6.54. The van der Waals surface area contributed by atoms with E-state index in [1.807, 2.05) is 0 Å². The van der Waals surface area contributed by atoms with Gasteiger partial charge in [0, 0.05) is 6.61 Å². The maximum absolute atomic E-state index is 5.40. The van der Waals surface area contributed by atoms with Gasteiger partial charge in [0.25, 0.3) is 0 Å². The minimum atomic E-state index is 0.277. The van der Waals surface area contributed by atoms with Crippen LogP contribution in [-0.4, -0.2) is 18.3 Å². The van der Waals surface area contributed by atoms with Crippen molar-refractivity contribution in [1.29, 1.82) is 0 Å². The van der Waals surface area contributed by atoms with Crippen LogP contribution in [0.25, 0.3) is 0 Å². The molecule has 0 aliphatic carbocycles. The molecular formula is C7H12OS. The molecule has 52 valence electrons. The maximum Gasteiger partial charge on any atom is 0.123 e. The van der Waals surface area contributed by atoms with Crippen LogP contribution in [-0.2, 0) is 4.74 Å². The predicted octanol–water partition coefficient (Wildman–Crippen LogP) is 2.04. The van der Waals surface area contributed by atoms with Crippen molar-refractivity contribution in [2.75, 3.05) is 12.9 Å². The van der Waals surface area contributed by atoms with Gasteiger partial charge in [-0.2, -0.15) is 0 Å². The van der Waals surface area contributed by atoms with Gasteiger partial charge < -0.3 is 4.74 Å². The molecule has 0 aromatic rings. The molecule has 0 aromatic carbocycles. The van der Waals surface area contributed by atoms with Crippen molar-refractivity contribution in [3.63, 3.8) is 0 Å². The Hall–Kier alpha value is 0.0500. The van der Waals surface area contributed by atoms with E-state index in [-0.39, 0.29) is 5.44 Å². The summed E-state index contributed by atoms with van der Waals surface area (Å²) in [6, 6.07) is 0. The van der Waals surface area contributed by atoms with Crippen LogP contribution < -0.4 is 0 Å². The van der Waals surface area contributed by atoms with Crippen molar-refractivity contribution in [3.05, 3.63) is 12.2 Å². The van der Waals surface area contributed by atoms with Crippen molar-refractivity contribution in [2.45, 2.75) is 18.3 Å². The van der Waals surface area contributed by atoms with E-state index in [4.69, 9.17) is 4.74 Å². The molecule has 0 N–H and O–H groups in total. The average Bonchev–Trinajstić information content (AvgIpc) is 1.89. The van der Waals surface area contributed by atoms with E-state index in [1.54, 1.807) is 11.8 Å². The molecule has 0 bridgehead atoms. The maximum atomic E-state index is 5.40. The smallest absolute Gasteiger partial charge is 0.123 e.